The molecule has 0 fully saturated rings. The molecular weight excluding hydrogens is 586 g/mol. The number of hydrogen-bond acceptors (Lipinski definition) is 9. The van der Waals surface area contributed by atoms with Crippen LogP contribution in [0.5, 0.6) is 0 Å². The molecule has 0 aliphatic carbocycles. The van der Waals surface area contributed by atoms with E-state index in [0.29, 0.717) is 39.8 Å². The molecule has 2 heterocycles. The van der Waals surface area contributed by atoms with Crippen molar-refractivity contribution in [3.05, 3.63) is 83.4 Å². The first-order valence-electron chi connectivity index (χ1n) is 13.8. The van der Waals surface area contributed by atoms with Gasteiger partial charge >= 0.3 is 6.09 Å². The van der Waals surface area contributed by atoms with Gasteiger partial charge in [-0.3, -0.25) is 19.9 Å². The summed E-state index contributed by atoms with van der Waals surface area (Å²) >= 11 is 6.16. The number of nitrogens with one attached hydrogen (secondary N) is 3. The molecule has 0 radical (unpaired) electrons. The predicted octanol–water partition coefficient (Wildman–Crippen LogP) is 4.34. The zero-order valence-electron chi connectivity index (χ0n) is 24.2. The molecule has 3 amide bonds. The van der Waals surface area contributed by atoms with Crippen LogP contribution in [-0.2, 0) is 20.9 Å². The van der Waals surface area contributed by atoms with Crippen LogP contribution in [0.25, 0.3) is 22.9 Å². The van der Waals surface area contributed by atoms with E-state index < -0.39 is 18.0 Å². The van der Waals surface area contributed by atoms with Gasteiger partial charge in [0.2, 0.25) is 11.8 Å². The fourth-order valence-corrected chi connectivity index (χ4v) is 4.51. The quantitative estimate of drug-likeness (QED) is 0.159. The average molecular weight is 618 g/mol. The molecule has 13 nitrogen and oxygen atoms in total. The van der Waals surface area contributed by atoms with Crippen molar-refractivity contribution in [3.8, 4) is 16.8 Å². The number of primary amides is 1. The number of nitrogens with two attached hydrogens (primary N) is 1. The van der Waals surface area contributed by atoms with Gasteiger partial charge in [-0.1, -0.05) is 37.4 Å². The van der Waals surface area contributed by atoms with Gasteiger partial charge in [0.05, 0.1) is 25.0 Å². The van der Waals surface area contributed by atoms with Crippen molar-refractivity contribution in [3.63, 3.8) is 0 Å². The summed E-state index contributed by atoms with van der Waals surface area (Å²) in [4.78, 5) is 41.1. The number of tetrazole rings is 1. The highest BCUT2D eigenvalue weighted by molar-refractivity contribution is 6.30. The number of amides is 3. The van der Waals surface area contributed by atoms with Crippen LogP contribution in [0.3, 0.4) is 0 Å². The molecule has 0 saturated carbocycles. The zero-order chi connectivity index (χ0) is 31.5. The SMILES string of the molecule is CCCC[C@@H](Nc1cc(NC(=O)OC)ccc1-c1ccnc(CNC(=O)/C=C/c2cc(Cl)ccc2-n2cnnn2)c1)C(N)=O. The van der Waals surface area contributed by atoms with Gasteiger partial charge in [-0.05, 0) is 71.0 Å². The summed E-state index contributed by atoms with van der Waals surface area (Å²) in [6, 6.07) is 13.4. The van der Waals surface area contributed by atoms with Crippen molar-refractivity contribution >= 4 is 47.0 Å². The van der Waals surface area contributed by atoms with Crippen molar-refractivity contribution in [1.29, 1.82) is 0 Å². The molecular formula is C30H32ClN9O4. The molecule has 1 atom stereocenters. The van der Waals surface area contributed by atoms with E-state index in [2.05, 4.69) is 36.5 Å². The maximum Gasteiger partial charge on any atom is 0.411 e. The number of methoxy groups -OCH3 is 1. The molecule has 5 N–H and O–H groups in total. The van der Waals surface area contributed by atoms with Crippen LogP contribution in [0.1, 0.15) is 37.4 Å². The molecule has 228 valence electrons. The van der Waals surface area contributed by atoms with Crippen LogP contribution in [0.2, 0.25) is 5.02 Å². The fraction of sp³-hybridized carbons (Fsp3) is 0.233. The van der Waals surface area contributed by atoms with Gasteiger partial charge < -0.3 is 21.1 Å². The van der Waals surface area contributed by atoms with E-state index in [4.69, 9.17) is 22.1 Å². The third-order valence-corrected chi connectivity index (χ3v) is 6.78. The molecule has 2 aromatic carbocycles. The Hall–Kier alpha value is -5.30. The number of carbonyl (C=O) groups is 3. The van der Waals surface area contributed by atoms with Crippen molar-refractivity contribution in [2.45, 2.75) is 38.8 Å². The first kappa shape index (κ1) is 31.6. The second kappa shape index (κ2) is 15.3. The van der Waals surface area contributed by atoms with E-state index in [1.54, 1.807) is 48.7 Å². The molecule has 0 unspecified atom stereocenters. The maximum absolute atomic E-state index is 12.7. The van der Waals surface area contributed by atoms with Gasteiger partial charge in [0.25, 0.3) is 0 Å². The third-order valence-electron chi connectivity index (χ3n) is 6.54. The maximum atomic E-state index is 12.7. The van der Waals surface area contributed by atoms with E-state index >= 15 is 0 Å². The number of hydrogen-bond donors (Lipinski definition) is 4. The summed E-state index contributed by atoms with van der Waals surface area (Å²) in [6.07, 6.45) is 7.71. The second-order valence-electron chi connectivity index (χ2n) is 9.66. The lowest BCUT2D eigenvalue weighted by Gasteiger charge is -2.20. The van der Waals surface area contributed by atoms with Gasteiger partial charge in [-0.15, -0.1) is 5.10 Å². The molecule has 14 heteroatoms. The Morgan fingerprint density at radius 3 is 2.70 bits per heavy atom. The Balaban J connectivity index is 1.52. The normalized spacial score (nSPS) is 11.6. The highest BCUT2D eigenvalue weighted by atomic mass is 35.5. The molecule has 4 aromatic rings. The summed E-state index contributed by atoms with van der Waals surface area (Å²) in [6.45, 7) is 2.18. The van der Waals surface area contributed by atoms with E-state index in [1.807, 2.05) is 19.1 Å². The minimum atomic E-state index is -0.626. The fourth-order valence-electron chi connectivity index (χ4n) is 4.33. The predicted molar refractivity (Wildman–Crippen MR) is 167 cm³/mol. The van der Waals surface area contributed by atoms with E-state index in [0.717, 1.165) is 24.0 Å². The summed E-state index contributed by atoms with van der Waals surface area (Å²) in [7, 11) is 1.27. The van der Waals surface area contributed by atoms with Crippen LogP contribution in [0.4, 0.5) is 16.2 Å². The number of rotatable bonds is 13. The number of ether oxygens (including phenoxy) is 1. The molecule has 0 bridgehead atoms. The molecule has 44 heavy (non-hydrogen) atoms. The number of nitrogens with zero attached hydrogens (tertiary/aromatic N) is 5. The topological polar surface area (TPSA) is 179 Å². The van der Waals surface area contributed by atoms with Gasteiger partial charge in [0.15, 0.2) is 0 Å². The summed E-state index contributed by atoms with van der Waals surface area (Å²) < 4.78 is 6.18. The van der Waals surface area contributed by atoms with Gasteiger partial charge in [0.1, 0.15) is 12.4 Å². The standard InChI is InChI=1S/C30H32ClN9O4/c1-3-4-5-25(29(32)42)37-26-16-22(36-30(43)44-2)8-9-24(26)19-12-13-33-23(15-19)17-34-28(41)11-6-20-14-21(31)7-10-27(20)40-18-35-38-39-40/h6-16,18,25,37H,3-5,17H2,1-2H3,(H2,32,42)(H,34,41)(H,36,43)/b11-6+/t25-/m1/s1. The summed E-state index contributed by atoms with van der Waals surface area (Å²) in [5.41, 5.74) is 10.2. The van der Waals surface area contributed by atoms with Crippen molar-refractivity contribution in [2.75, 3.05) is 17.7 Å². The van der Waals surface area contributed by atoms with Gasteiger partial charge in [-0.25, -0.2) is 4.79 Å². The van der Waals surface area contributed by atoms with E-state index in [9.17, 15) is 14.4 Å². The number of halogens is 1. The minimum Gasteiger partial charge on any atom is -0.453 e. The Bertz CT molecular complexity index is 1640. The molecule has 0 spiro atoms. The Morgan fingerprint density at radius 1 is 1.14 bits per heavy atom. The lowest BCUT2D eigenvalue weighted by molar-refractivity contribution is -0.119. The Morgan fingerprint density at radius 2 is 1.98 bits per heavy atom. The molecule has 0 aliphatic heterocycles. The number of benzene rings is 2. The lowest BCUT2D eigenvalue weighted by atomic mass is 10.0. The van der Waals surface area contributed by atoms with Gasteiger partial charge in [0, 0.05) is 39.8 Å². The minimum absolute atomic E-state index is 0.150. The lowest BCUT2D eigenvalue weighted by Crippen LogP contribution is -2.35. The molecule has 4 rings (SSSR count). The number of carbonyl (C=O) groups excluding carboxylic acids is 3. The summed E-state index contributed by atoms with van der Waals surface area (Å²) in [5.74, 6) is -0.828. The molecule has 0 saturated heterocycles. The van der Waals surface area contributed by atoms with Crippen LogP contribution < -0.4 is 21.7 Å². The van der Waals surface area contributed by atoms with Crippen molar-refractivity contribution < 1.29 is 19.1 Å². The van der Waals surface area contributed by atoms with Crippen LogP contribution >= 0.6 is 11.6 Å². The first-order chi connectivity index (χ1) is 21.3. The number of aromatic nitrogens is 5. The largest absolute Gasteiger partial charge is 0.453 e. The van der Waals surface area contributed by atoms with Crippen LogP contribution in [-0.4, -0.2) is 56.3 Å². The molecule has 2 aromatic heterocycles. The van der Waals surface area contributed by atoms with E-state index in [-0.39, 0.29) is 12.5 Å². The smallest absolute Gasteiger partial charge is 0.411 e. The summed E-state index contributed by atoms with van der Waals surface area (Å²) in [5, 5.41) is 20.4. The van der Waals surface area contributed by atoms with Crippen molar-refractivity contribution in [2.24, 2.45) is 5.73 Å². The third kappa shape index (κ3) is 8.61. The number of anilines is 2. The molecule has 0 aliphatic rings. The van der Waals surface area contributed by atoms with Crippen molar-refractivity contribution in [1.82, 2.24) is 30.5 Å². The highest BCUT2D eigenvalue weighted by Crippen LogP contribution is 2.32. The first-order valence-corrected chi connectivity index (χ1v) is 14.1. The van der Waals surface area contributed by atoms with Crippen LogP contribution in [0, 0.1) is 0 Å². The number of pyridine rings is 1. The highest BCUT2D eigenvalue weighted by Gasteiger charge is 2.18. The number of unbranched alkanes of at least 4 members (excludes halogenated alkanes) is 1. The monoisotopic (exact) mass is 617 g/mol. The van der Waals surface area contributed by atoms with Gasteiger partial charge in [-0.2, -0.15) is 4.68 Å². The average Bonchev–Trinajstić information content (AvgIpc) is 3.56. The van der Waals surface area contributed by atoms with E-state index in [1.165, 1.54) is 24.2 Å². The van der Waals surface area contributed by atoms with Crippen LogP contribution in [0.15, 0.2) is 67.1 Å². The Labute approximate surface area is 258 Å². The Kier molecular flexibility index (Phi) is 11.0. The zero-order valence-corrected chi connectivity index (χ0v) is 24.9. The second-order valence-corrected chi connectivity index (χ2v) is 10.1.